The molecule has 5 heteroatoms. The molecular weight excluding hydrogens is 393 g/mol. The molecule has 1 saturated carbocycles. The Hall–Kier alpha value is -0.0600. The third-order valence-corrected chi connectivity index (χ3v) is 5.51. The van der Waals surface area contributed by atoms with Crippen LogP contribution < -0.4 is 5.32 Å². The van der Waals surface area contributed by atoms with Crippen LogP contribution in [0.15, 0.2) is 22.7 Å². The molecule has 1 N–H and O–H groups in total. The first-order chi connectivity index (χ1) is 9.06. The molecule has 1 aliphatic rings. The van der Waals surface area contributed by atoms with Gasteiger partial charge in [-0.05, 0) is 31.0 Å². The van der Waals surface area contributed by atoms with Crippen LogP contribution in [0.3, 0.4) is 0 Å². The molecule has 0 atom stereocenters. The van der Waals surface area contributed by atoms with Crippen molar-refractivity contribution < 1.29 is 4.79 Å². The smallest absolute Gasteiger partial charge is 0.253 e. The van der Waals surface area contributed by atoms with E-state index >= 15 is 0 Å². The van der Waals surface area contributed by atoms with Crippen LogP contribution in [0.5, 0.6) is 0 Å². The second-order valence-corrected chi connectivity index (χ2v) is 6.94. The highest BCUT2D eigenvalue weighted by Crippen LogP contribution is 2.31. The Balaban J connectivity index is 2.17. The second kappa shape index (κ2) is 6.59. The molecule has 0 saturated heterocycles. The quantitative estimate of drug-likeness (QED) is 0.705. The Kier molecular flexibility index (Phi) is 5.32. The van der Waals surface area contributed by atoms with Crippen LogP contribution in [0.2, 0.25) is 5.02 Å². The van der Waals surface area contributed by atoms with Gasteiger partial charge in [0.25, 0.3) is 5.91 Å². The summed E-state index contributed by atoms with van der Waals surface area (Å²) >= 11 is 13.0. The standard InChI is InChI=1S/C14H16Br2ClNO/c15-9-14(6-2-1-3-7-14)18-13(19)11-8-10(16)4-5-12(11)17/h4-5,8H,1-3,6-7,9H2,(H,18,19). The minimum absolute atomic E-state index is 0.0901. The number of carbonyl (C=O) groups is 1. The zero-order chi connectivity index (χ0) is 13.9. The highest BCUT2D eigenvalue weighted by Gasteiger charge is 2.33. The first kappa shape index (κ1) is 15.3. The van der Waals surface area contributed by atoms with Crippen LogP contribution in [0.25, 0.3) is 0 Å². The normalized spacial score (nSPS) is 18.1. The average molecular weight is 410 g/mol. The first-order valence-electron chi connectivity index (χ1n) is 6.40. The van der Waals surface area contributed by atoms with Crippen LogP contribution >= 0.6 is 43.5 Å². The lowest BCUT2D eigenvalue weighted by atomic mass is 9.83. The molecule has 1 aromatic rings. The lowest BCUT2D eigenvalue weighted by molar-refractivity contribution is 0.0886. The number of rotatable bonds is 3. The highest BCUT2D eigenvalue weighted by molar-refractivity contribution is 9.10. The fraction of sp³-hybridized carbons (Fsp3) is 0.500. The Bertz CT molecular complexity index is 473. The summed E-state index contributed by atoms with van der Waals surface area (Å²) in [4.78, 5) is 12.4. The van der Waals surface area contributed by atoms with Gasteiger partial charge in [-0.15, -0.1) is 0 Å². The van der Waals surface area contributed by atoms with E-state index in [1.807, 2.05) is 6.07 Å². The van der Waals surface area contributed by atoms with Crippen LogP contribution in [0, 0.1) is 0 Å². The number of alkyl halides is 1. The van der Waals surface area contributed by atoms with Crippen LogP contribution in [-0.4, -0.2) is 16.8 Å². The van der Waals surface area contributed by atoms with E-state index in [-0.39, 0.29) is 11.4 Å². The van der Waals surface area contributed by atoms with Crippen molar-refractivity contribution in [1.29, 1.82) is 0 Å². The summed E-state index contributed by atoms with van der Waals surface area (Å²) in [6, 6.07) is 5.34. The molecule has 2 nitrogen and oxygen atoms in total. The molecule has 1 fully saturated rings. The molecular formula is C14H16Br2ClNO. The topological polar surface area (TPSA) is 29.1 Å². The van der Waals surface area contributed by atoms with E-state index in [4.69, 9.17) is 11.6 Å². The fourth-order valence-electron chi connectivity index (χ4n) is 2.50. The van der Waals surface area contributed by atoms with Crippen molar-refractivity contribution in [3.63, 3.8) is 0 Å². The number of halogens is 3. The number of benzene rings is 1. The van der Waals surface area contributed by atoms with Gasteiger partial charge in [0.15, 0.2) is 0 Å². The second-order valence-electron chi connectivity index (χ2n) is 5.05. The number of carbonyl (C=O) groups excluding carboxylic acids is 1. The maximum Gasteiger partial charge on any atom is 0.253 e. The van der Waals surface area contributed by atoms with E-state index in [2.05, 4.69) is 37.2 Å². The largest absolute Gasteiger partial charge is 0.346 e. The van der Waals surface area contributed by atoms with Gasteiger partial charge in [-0.25, -0.2) is 0 Å². The molecule has 1 aromatic carbocycles. The number of hydrogen-bond donors (Lipinski definition) is 1. The lowest BCUT2D eigenvalue weighted by Crippen LogP contribution is -2.51. The minimum Gasteiger partial charge on any atom is -0.346 e. The zero-order valence-electron chi connectivity index (χ0n) is 10.5. The monoisotopic (exact) mass is 407 g/mol. The first-order valence-corrected chi connectivity index (χ1v) is 8.69. The fourth-order valence-corrected chi connectivity index (χ4v) is 3.77. The van der Waals surface area contributed by atoms with Crippen molar-refractivity contribution in [3.05, 3.63) is 33.3 Å². The molecule has 19 heavy (non-hydrogen) atoms. The van der Waals surface area contributed by atoms with Gasteiger partial charge in [0.2, 0.25) is 0 Å². The average Bonchev–Trinajstić information content (AvgIpc) is 2.42. The van der Waals surface area contributed by atoms with Crippen molar-refractivity contribution >= 4 is 49.4 Å². The summed E-state index contributed by atoms with van der Waals surface area (Å²) in [6.07, 6.45) is 5.63. The van der Waals surface area contributed by atoms with Gasteiger partial charge in [0.05, 0.1) is 16.1 Å². The van der Waals surface area contributed by atoms with E-state index in [9.17, 15) is 4.79 Å². The van der Waals surface area contributed by atoms with E-state index < -0.39 is 0 Å². The van der Waals surface area contributed by atoms with Crippen LogP contribution in [-0.2, 0) is 0 Å². The summed E-state index contributed by atoms with van der Waals surface area (Å²) in [5.41, 5.74) is 0.406. The summed E-state index contributed by atoms with van der Waals surface area (Å²) in [7, 11) is 0. The van der Waals surface area contributed by atoms with Gasteiger partial charge in [-0.2, -0.15) is 0 Å². The van der Waals surface area contributed by atoms with Crippen LogP contribution in [0.4, 0.5) is 0 Å². The molecule has 0 aliphatic heterocycles. The van der Waals surface area contributed by atoms with Gasteiger partial charge in [0, 0.05) is 9.80 Å². The molecule has 104 valence electrons. The predicted octanol–water partition coefficient (Wildman–Crippen LogP) is 4.93. The number of amides is 1. The molecule has 0 spiro atoms. The molecule has 2 rings (SSSR count). The maximum atomic E-state index is 12.4. The van der Waals surface area contributed by atoms with Gasteiger partial charge < -0.3 is 5.32 Å². The molecule has 0 aromatic heterocycles. The number of nitrogens with one attached hydrogen (secondary N) is 1. The summed E-state index contributed by atoms with van der Waals surface area (Å²) in [6.45, 7) is 0. The minimum atomic E-state index is -0.124. The summed E-state index contributed by atoms with van der Waals surface area (Å²) < 4.78 is 0.860. The Morgan fingerprint density at radius 1 is 1.32 bits per heavy atom. The Morgan fingerprint density at radius 3 is 2.63 bits per heavy atom. The Morgan fingerprint density at radius 2 is 2.00 bits per heavy atom. The third-order valence-electron chi connectivity index (χ3n) is 3.62. The Labute approximate surface area is 135 Å². The molecule has 0 bridgehead atoms. The van der Waals surface area contributed by atoms with Crippen molar-refractivity contribution in [2.24, 2.45) is 0 Å². The molecule has 0 radical (unpaired) electrons. The summed E-state index contributed by atoms with van der Waals surface area (Å²) in [5, 5.41) is 4.45. The van der Waals surface area contributed by atoms with Gasteiger partial charge >= 0.3 is 0 Å². The van der Waals surface area contributed by atoms with Gasteiger partial charge in [0.1, 0.15) is 0 Å². The summed E-state index contributed by atoms with van der Waals surface area (Å²) in [5.74, 6) is -0.0901. The van der Waals surface area contributed by atoms with Crippen molar-refractivity contribution in [1.82, 2.24) is 5.32 Å². The highest BCUT2D eigenvalue weighted by atomic mass is 79.9. The molecule has 1 amide bonds. The van der Waals surface area contributed by atoms with Crippen molar-refractivity contribution in [2.75, 3.05) is 5.33 Å². The zero-order valence-corrected chi connectivity index (χ0v) is 14.4. The predicted molar refractivity (Wildman–Crippen MR) is 86.2 cm³/mol. The van der Waals surface area contributed by atoms with Gasteiger partial charge in [-0.3, -0.25) is 4.79 Å². The molecule has 1 aliphatic carbocycles. The van der Waals surface area contributed by atoms with E-state index in [1.165, 1.54) is 6.42 Å². The van der Waals surface area contributed by atoms with Crippen molar-refractivity contribution in [3.8, 4) is 0 Å². The molecule has 0 unspecified atom stereocenters. The van der Waals surface area contributed by atoms with E-state index in [0.717, 1.165) is 35.5 Å². The number of hydrogen-bond acceptors (Lipinski definition) is 1. The lowest BCUT2D eigenvalue weighted by Gasteiger charge is -2.36. The maximum absolute atomic E-state index is 12.4. The third kappa shape index (κ3) is 3.73. The molecule has 0 heterocycles. The SMILES string of the molecule is O=C(NC1(CBr)CCCCC1)c1cc(Br)ccc1Cl. The van der Waals surface area contributed by atoms with Gasteiger partial charge in [-0.1, -0.05) is 62.7 Å². The van der Waals surface area contributed by atoms with E-state index in [1.54, 1.807) is 12.1 Å². The van der Waals surface area contributed by atoms with Crippen molar-refractivity contribution in [2.45, 2.75) is 37.6 Å². The van der Waals surface area contributed by atoms with Crippen LogP contribution in [0.1, 0.15) is 42.5 Å². The van der Waals surface area contributed by atoms with E-state index in [0.29, 0.717) is 10.6 Å².